The molecule has 4 aromatic rings. The van der Waals surface area contributed by atoms with Gasteiger partial charge in [0.2, 0.25) is 10.0 Å². The van der Waals surface area contributed by atoms with Gasteiger partial charge in [-0.3, -0.25) is 14.4 Å². The summed E-state index contributed by atoms with van der Waals surface area (Å²) in [4.78, 5) is 15.8. The SMILES string of the molecule is CC(C)Oc1cc(OC(F)(F)F)cc(C(C)(C)c2cc(Cl)cc(NC(=O)c3cc4cc(NS(=O)(=O)CCN5CCOCC5)ccc4s3)c2)c1. The lowest BCUT2D eigenvalue weighted by atomic mass is 9.78. The molecule has 5 rings (SSSR count). The first kappa shape index (κ1) is 36.7. The third-order valence-corrected chi connectivity index (χ3v) is 10.5. The molecule has 1 aliphatic heterocycles. The number of ether oxygens (including phenoxy) is 3. The second-order valence-electron chi connectivity index (χ2n) is 12.5. The fourth-order valence-electron chi connectivity index (χ4n) is 5.37. The molecule has 0 bridgehead atoms. The van der Waals surface area contributed by atoms with Crippen molar-refractivity contribution in [1.82, 2.24) is 4.90 Å². The molecule has 0 saturated carbocycles. The lowest BCUT2D eigenvalue weighted by molar-refractivity contribution is -0.274. The second kappa shape index (κ2) is 14.7. The maximum absolute atomic E-state index is 13.4. The van der Waals surface area contributed by atoms with Gasteiger partial charge in [0.05, 0.1) is 29.9 Å². The third kappa shape index (κ3) is 10.0. The highest BCUT2D eigenvalue weighted by molar-refractivity contribution is 7.92. The Hall–Kier alpha value is -3.56. The number of anilines is 2. The molecular weight excluding hydrogens is 703 g/mol. The number of morpholine rings is 1. The molecule has 0 aliphatic carbocycles. The highest BCUT2D eigenvalue weighted by Gasteiger charge is 2.33. The van der Waals surface area contributed by atoms with Gasteiger partial charge in [-0.1, -0.05) is 25.4 Å². The number of hydrogen-bond donors (Lipinski definition) is 2. The van der Waals surface area contributed by atoms with Gasteiger partial charge in [0.1, 0.15) is 11.5 Å². The van der Waals surface area contributed by atoms with E-state index in [1.54, 1.807) is 62.4 Å². The van der Waals surface area contributed by atoms with Crippen molar-refractivity contribution in [2.45, 2.75) is 45.6 Å². The van der Waals surface area contributed by atoms with E-state index < -0.39 is 33.5 Å². The van der Waals surface area contributed by atoms with Crippen LogP contribution in [0.4, 0.5) is 24.5 Å². The van der Waals surface area contributed by atoms with E-state index in [2.05, 4.69) is 14.8 Å². The van der Waals surface area contributed by atoms with Gasteiger partial charge in [0, 0.05) is 52.2 Å². The zero-order valence-electron chi connectivity index (χ0n) is 27.3. The number of hydrogen-bond acceptors (Lipinski definition) is 8. The minimum absolute atomic E-state index is 0.0551. The summed E-state index contributed by atoms with van der Waals surface area (Å²) >= 11 is 7.72. The van der Waals surface area contributed by atoms with Crippen molar-refractivity contribution < 1.29 is 40.6 Å². The Balaban J connectivity index is 1.33. The fourth-order valence-corrected chi connectivity index (χ4v) is 7.63. The van der Waals surface area contributed by atoms with Crippen LogP contribution >= 0.6 is 22.9 Å². The van der Waals surface area contributed by atoms with Crippen LogP contribution in [0.2, 0.25) is 5.02 Å². The van der Waals surface area contributed by atoms with Crippen LogP contribution < -0.4 is 19.5 Å². The average Bonchev–Trinajstić information content (AvgIpc) is 3.43. The highest BCUT2D eigenvalue weighted by Crippen LogP contribution is 2.40. The molecule has 2 N–H and O–H groups in total. The van der Waals surface area contributed by atoms with Crippen molar-refractivity contribution in [3.05, 3.63) is 81.7 Å². The lowest BCUT2D eigenvalue weighted by Gasteiger charge is -2.28. The maximum atomic E-state index is 13.4. The van der Waals surface area contributed by atoms with E-state index in [9.17, 15) is 26.4 Å². The largest absolute Gasteiger partial charge is 0.573 e. The molecule has 1 amide bonds. The van der Waals surface area contributed by atoms with Crippen LogP contribution in [0.25, 0.3) is 10.1 Å². The lowest BCUT2D eigenvalue weighted by Crippen LogP contribution is -2.39. The van der Waals surface area contributed by atoms with Crippen LogP contribution in [0.3, 0.4) is 0 Å². The number of fused-ring (bicyclic) bond motifs is 1. The maximum Gasteiger partial charge on any atom is 0.573 e. The van der Waals surface area contributed by atoms with Crippen LogP contribution in [-0.2, 0) is 20.2 Å². The van der Waals surface area contributed by atoms with Crippen LogP contribution in [0, 0.1) is 0 Å². The van der Waals surface area contributed by atoms with Crippen LogP contribution in [0.5, 0.6) is 11.5 Å². The molecule has 15 heteroatoms. The third-order valence-electron chi connectivity index (χ3n) is 7.88. The Labute approximate surface area is 292 Å². The van der Waals surface area contributed by atoms with Gasteiger partial charge in [-0.2, -0.15) is 0 Å². The van der Waals surface area contributed by atoms with E-state index in [0.29, 0.717) is 70.6 Å². The first-order valence-electron chi connectivity index (χ1n) is 15.5. The van der Waals surface area contributed by atoms with Gasteiger partial charge in [0.25, 0.3) is 5.91 Å². The zero-order chi connectivity index (χ0) is 35.6. The molecule has 9 nitrogen and oxygen atoms in total. The number of amides is 1. The highest BCUT2D eigenvalue weighted by atomic mass is 35.5. The first-order valence-corrected chi connectivity index (χ1v) is 18.3. The average molecular weight is 740 g/mol. The Bertz CT molecular complexity index is 1930. The van der Waals surface area contributed by atoms with Crippen LogP contribution in [-0.4, -0.2) is 70.3 Å². The van der Waals surface area contributed by atoms with Gasteiger partial charge < -0.3 is 19.5 Å². The molecule has 0 unspecified atom stereocenters. The molecule has 1 aliphatic rings. The van der Waals surface area contributed by atoms with Crippen molar-refractivity contribution in [3.8, 4) is 11.5 Å². The van der Waals surface area contributed by atoms with E-state index >= 15 is 0 Å². The van der Waals surface area contributed by atoms with E-state index in [1.807, 2.05) is 18.7 Å². The van der Waals surface area contributed by atoms with Crippen molar-refractivity contribution in [3.63, 3.8) is 0 Å². The number of nitrogens with zero attached hydrogens (tertiary/aromatic N) is 1. The molecule has 1 aromatic heterocycles. The standard InChI is InChI=1S/C34H37ClF3N3O6S2/c1-21(2)46-28-17-24(18-29(20-28)47-34(36,37)38)33(3,4)23-15-25(35)19-27(16-23)39-32(42)31-14-22-13-26(5-6-30(22)48-31)40-49(43,44)12-9-41-7-10-45-11-8-41/h5-6,13-21,40H,7-12H2,1-4H3,(H,39,42). The summed E-state index contributed by atoms with van der Waals surface area (Å²) in [5, 5.41) is 3.87. The van der Waals surface area contributed by atoms with Gasteiger partial charge in [-0.05, 0) is 85.0 Å². The molecule has 0 atom stereocenters. The molecule has 1 saturated heterocycles. The number of carbonyl (C=O) groups excluding carboxylic acids is 1. The number of sulfonamides is 1. The summed E-state index contributed by atoms with van der Waals surface area (Å²) in [5.74, 6) is -0.671. The van der Waals surface area contributed by atoms with E-state index in [0.717, 1.165) is 4.70 Å². The van der Waals surface area contributed by atoms with Gasteiger partial charge in [-0.15, -0.1) is 24.5 Å². The summed E-state index contributed by atoms with van der Waals surface area (Å²) in [7, 11) is -3.60. The Morgan fingerprint density at radius 1 is 0.980 bits per heavy atom. The summed E-state index contributed by atoms with van der Waals surface area (Å²) in [5.41, 5.74) is 0.979. The Kier molecular flexibility index (Phi) is 11.0. The minimum Gasteiger partial charge on any atom is -0.491 e. The van der Waals surface area contributed by atoms with Gasteiger partial charge in [0.15, 0.2) is 0 Å². The second-order valence-corrected chi connectivity index (χ2v) is 15.8. The van der Waals surface area contributed by atoms with Crippen molar-refractivity contribution in [2.24, 2.45) is 0 Å². The van der Waals surface area contributed by atoms with Gasteiger partial charge >= 0.3 is 6.36 Å². The van der Waals surface area contributed by atoms with Crippen LogP contribution in [0.15, 0.2) is 60.7 Å². The number of alkyl halides is 3. The van der Waals surface area contributed by atoms with Crippen molar-refractivity contribution in [1.29, 1.82) is 0 Å². The van der Waals surface area contributed by atoms with E-state index in [-0.39, 0.29) is 17.6 Å². The Morgan fingerprint density at radius 3 is 2.37 bits per heavy atom. The van der Waals surface area contributed by atoms with Crippen LogP contribution in [0.1, 0.15) is 48.5 Å². The molecule has 264 valence electrons. The number of halogens is 4. The normalized spacial score (nSPS) is 14.6. The predicted molar refractivity (Wildman–Crippen MR) is 187 cm³/mol. The summed E-state index contributed by atoms with van der Waals surface area (Å²) in [6.45, 7) is 10.1. The molecule has 2 heterocycles. The van der Waals surface area contributed by atoms with Crippen molar-refractivity contribution in [2.75, 3.05) is 48.6 Å². The number of nitrogens with one attached hydrogen (secondary N) is 2. The molecule has 49 heavy (non-hydrogen) atoms. The molecular formula is C34H37ClF3N3O6S2. The fraction of sp³-hybridized carbons (Fsp3) is 0.382. The van der Waals surface area contributed by atoms with Crippen molar-refractivity contribution >= 4 is 60.3 Å². The smallest absolute Gasteiger partial charge is 0.491 e. The monoisotopic (exact) mass is 739 g/mol. The first-order chi connectivity index (χ1) is 23.0. The number of carbonyl (C=O) groups is 1. The predicted octanol–water partition coefficient (Wildman–Crippen LogP) is 7.89. The molecule has 0 radical (unpaired) electrons. The zero-order valence-corrected chi connectivity index (χ0v) is 29.7. The molecule has 3 aromatic carbocycles. The summed E-state index contributed by atoms with van der Waals surface area (Å²) in [6, 6.07) is 15.9. The summed E-state index contributed by atoms with van der Waals surface area (Å²) in [6.07, 6.45) is -5.18. The number of rotatable bonds is 12. The number of thiophene rings is 1. The molecule has 0 spiro atoms. The Morgan fingerprint density at radius 2 is 1.67 bits per heavy atom. The minimum atomic E-state index is -4.89. The quantitative estimate of drug-likeness (QED) is 0.152. The summed E-state index contributed by atoms with van der Waals surface area (Å²) < 4.78 is 83.6. The molecule has 1 fully saturated rings. The topological polar surface area (TPSA) is 106 Å². The van der Waals surface area contributed by atoms with E-state index in [1.165, 1.54) is 23.5 Å². The van der Waals surface area contributed by atoms with Gasteiger partial charge in [-0.25, -0.2) is 8.42 Å². The van der Waals surface area contributed by atoms with E-state index in [4.69, 9.17) is 21.1 Å². The number of benzene rings is 3.